The van der Waals surface area contributed by atoms with Crippen LogP contribution in [0.15, 0.2) is 17.4 Å². The topological polar surface area (TPSA) is 39.4 Å². The smallest absolute Gasteiger partial charge is 0.270 e. The van der Waals surface area contributed by atoms with Crippen LogP contribution in [0.3, 0.4) is 0 Å². The molecule has 0 saturated heterocycles. The van der Waals surface area contributed by atoms with E-state index < -0.39 is 27.4 Å². The van der Waals surface area contributed by atoms with Gasteiger partial charge in [0.2, 0.25) is 0 Å². The monoisotopic (exact) mass is 367 g/mol. The summed E-state index contributed by atoms with van der Waals surface area (Å²) in [6.07, 6.45) is -3.54. The van der Waals surface area contributed by atoms with Gasteiger partial charge in [-0.05, 0) is 0 Å². The van der Waals surface area contributed by atoms with E-state index in [-0.39, 0.29) is 5.82 Å². The van der Waals surface area contributed by atoms with E-state index in [1.807, 2.05) is 0 Å². The molecule has 0 fully saturated rings. The summed E-state index contributed by atoms with van der Waals surface area (Å²) in [5, 5.41) is 7.35. The fourth-order valence-corrected chi connectivity index (χ4v) is 3.04. The maximum Gasteiger partial charge on any atom is 0.480 e. The fraction of sp³-hybridized carbons (Fsp3) is 0.600. The van der Waals surface area contributed by atoms with E-state index in [0.717, 1.165) is 7.05 Å². The molecule has 0 N–H and O–H groups in total. The molecule has 2 unspecified atom stereocenters. The van der Waals surface area contributed by atoms with Crippen LogP contribution in [0, 0.1) is 0 Å². The number of alkyl halides is 7. The van der Waals surface area contributed by atoms with Gasteiger partial charge in [-0.15, -0.1) is 9.69 Å². The first kappa shape index (κ1) is 17.4. The lowest BCUT2D eigenvalue weighted by molar-refractivity contribution is -0.363. The summed E-state index contributed by atoms with van der Waals surface area (Å²) in [5.41, 5.74) is -3.76. The lowest BCUT2D eigenvalue weighted by Crippen LogP contribution is -2.74. The molecule has 0 saturated carbocycles. The summed E-state index contributed by atoms with van der Waals surface area (Å²) in [6, 6.07) is 1.17. The van der Waals surface area contributed by atoms with Gasteiger partial charge in [0, 0.05) is 19.3 Å². The molecule has 1 aromatic rings. The molecular formula is C10H10Cl2F5N4O+. The van der Waals surface area contributed by atoms with Gasteiger partial charge in [0.15, 0.2) is 0 Å². The van der Waals surface area contributed by atoms with Crippen molar-refractivity contribution in [1.82, 2.24) is 14.4 Å². The second-order valence-corrected chi connectivity index (χ2v) is 6.08. The Morgan fingerprint density at radius 1 is 1.36 bits per heavy atom. The Morgan fingerprint density at radius 3 is 2.36 bits per heavy atom. The van der Waals surface area contributed by atoms with Crippen molar-refractivity contribution in [2.75, 3.05) is 7.05 Å². The van der Waals surface area contributed by atoms with Crippen LogP contribution in [0.4, 0.5) is 27.8 Å². The van der Waals surface area contributed by atoms with Crippen LogP contribution in [-0.4, -0.2) is 45.9 Å². The first-order valence-corrected chi connectivity index (χ1v) is 6.47. The van der Waals surface area contributed by atoms with E-state index in [0.29, 0.717) is 6.21 Å². The van der Waals surface area contributed by atoms with Gasteiger partial charge in [-0.2, -0.15) is 22.0 Å². The van der Waals surface area contributed by atoms with E-state index in [4.69, 9.17) is 23.2 Å². The molecule has 2 atom stereocenters. The predicted octanol–water partition coefficient (Wildman–Crippen LogP) is 3.03. The van der Waals surface area contributed by atoms with Crippen LogP contribution in [0.1, 0.15) is 0 Å². The first-order valence-electron chi connectivity index (χ1n) is 5.71. The van der Waals surface area contributed by atoms with Crippen molar-refractivity contribution in [3.63, 3.8) is 0 Å². The number of hydrogen-bond acceptors (Lipinski definition) is 3. The van der Waals surface area contributed by atoms with E-state index in [2.05, 4.69) is 14.9 Å². The molecule has 5 nitrogen and oxygen atoms in total. The van der Waals surface area contributed by atoms with Gasteiger partial charge in [0.25, 0.3) is 10.2 Å². The minimum absolute atomic E-state index is 0.320. The molecule has 0 spiro atoms. The summed E-state index contributed by atoms with van der Waals surface area (Å²) >= 11 is 11.3. The minimum atomic E-state index is -5.38. The quantitative estimate of drug-likeness (QED) is 0.468. The van der Waals surface area contributed by atoms with E-state index in [1.54, 1.807) is 0 Å². The second-order valence-electron chi connectivity index (χ2n) is 4.69. The number of aryl methyl sites for hydroxylation is 1. The third kappa shape index (κ3) is 2.20. The molecule has 0 amide bonds. The number of halogens is 7. The molecule has 1 aliphatic rings. The maximum absolute atomic E-state index is 13.7. The zero-order chi connectivity index (χ0) is 17.0. The highest BCUT2D eigenvalue weighted by molar-refractivity contribution is 6.57. The van der Waals surface area contributed by atoms with Crippen LogP contribution in [0.2, 0.25) is 0 Å². The van der Waals surface area contributed by atoms with Gasteiger partial charge >= 0.3 is 18.5 Å². The van der Waals surface area contributed by atoms with Gasteiger partial charge in [0.1, 0.15) is 13.3 Å². The molecule has 1 aromatic heterocycles. The summed E-state index contributed by atoms with van der Waals surface area (Å²) in [5.74, 6) is -0.320. The van der Waals surface area contributed by atoms with Crippen molar-refractivity contribution < 1.29 is 26.7 Å². The molecule has 2 heterocycles. The first-order chi connectivity index (χ1) is 9.87. The van der Waals surface area contributed by atoms with Crippen molar-refractivity contribution in [3.8, 4) is 0 Å². The number of nitrogens with zero attached hydrogens (tertiary/aromatic N) is 4. The van der Waals surface area contributed by atoms with Crippen LogP contribution in [-0.2, 0) is 11.8 Å². The third-order valence-corrected chi connectivity index (χ3v) is 4.01. The van der Waals surface area contributed by atoms with Crippen molar-refractivity contribution in [2.45, 2.75) is 22.8 Å². The standard InChI is InChI=1S/C10H10Cl2F5N4O/c1-20-4-3-6(19-20)21(2)9(10(15,16)17,22-7(13)14)8(11,12)5-18-21/h3-5,7H,1-2H3/q+1. The van der Waals surface area contributed by atoms with E-state index in [1.165, 1.54) is 24.0 Å². The van der Waals surface area contributed by atoms with Gasteiger partial charge in [-0.1, -0.05) is 28.3 Å². The Morgan fingerprint density at radius 2 is 1.95 bits per heavy atom. The van der Waals surface area contributed by atoms with Crippen LogP contribution < -0.4 is 4.59 Å². The number of ether oxygens (including phenoxy) is 1. The Bertz CT molecular complexity index is 604. The Kier molecular flexibility index (Phi) is 3.96. The molecule has 0 aliphatic carbocycles. The summed E-state index contributed by atoms with van der Waals surface area (Å²) in [7, 11) is 2.31. The Labute approximate surface area is 131 Å². The summed E-state index contributed by atoms with van der Waals surface area (Å²) in [6.45, 7) is -3.79. The molecule has 1 aliphatic heterocycles. The normalized spacial score (nSPS) is 31.2. The van der Waals surface area contributed by atoms with Crippen molar-refractivity contribution in [2.24, 2.45) is 12.1 Å². The van der Waals surface area contributed by atoms with Gasteiger partial charge < -0.3 is 0 Å². The zero-order valence-corrected chi connectivity index (χ0v) is 12.7. The van der Waals surface area contributed by atoms with Crippen molar-refractivity contribution >= 4 is 35.2 Å². The van der Waals surface area contributed by atoms with Crippen molar-refractivity contribution in [3.05, 3.63) is 12.3 Å². The number of quaternary nitrogens is 1. The average molecular weight is 368 g/mol. The van der Waals surface area contributed by atoms with E-state index >= 15 is 0 Å². The zero-order valence-electron chi connectivity index (χ0n) is 11.2. The molecule has 0 bridgehead atoms. The van der Waals surface area contributed by atoms with Gasteiger partial charge in [-0.3, -0.25) is 9.42 Å². The summed E-state index contributed by atoms with van der Waals surface area (Å²) in [4.78, 5) is 0. The second kappa shape index (κ2) is 5.02. The Balaban J connectivity index is 2.74. The predicted molar refractivity (Wildman–Crippen MR) is 69.7 cm³/mol. The maximum atomic E-state index is 13.7. The molecule has 0 aromatic carbocycles. The Hall–Kier alpha value is -0.970. The molecule has 12 heteroatoms. The van der Waals surface area contributed by atoms with Gasteiger partial charge in [-0.25, -0.2) is 0 Å². The lowest BCUT2D eigenvalue weighted by Gasteiger charge is -2.43. The third-order valence-electron chi connectivity index (χ3n) is 3.31. The highest BCUT2D eigenvalue weighted by Crippen LogP contribution is 2.57. The SMILES string of the molecule is Cn1ccc([N+]2(C)N=CC(Cl)(Cl)C2(OC(F)F)C(F)(F)F)n1. The fourth-order valence-electron chi connectivity index (χ4n) is 2.32. The molecule has 124 valence electrons. The minimum Gasteiger partial charge on any atom is -0.270 e. The highest BCUT2D eigenvalue weighted by atomic mass is 35.5. The molecule has 2 rings (SSSR count). The number of aromatic nitrogens is 2. The largest absolute Gasteiger partial charge is 0.480 e. The lowest BCUT2D eigenvalue weighted by atomic mass is 10.1. The van der Waals surface area contributed by atoms with Crippen molar-refractivity contribution in [1.29, 1.82) is 0 Å². The van der Waals surface area contributed by atoms with E-state index in [9.17, 15) is 22.0 Å². The van der Waals surface area contributed by atoms with Gasteiger partial charge in [0.05, 0.1) is 0 Å². The van der Waals surface area contributed by atoms with Crippen LogP contribution in [0.5, 0.6) is 0 Å². The molecular weight excluding hydrogens is 358 g/mol. The van der Waals surface area contributed by atoms with Crippen LogP contribution in [0.25, 0.3) is 0 Å². The average Bonchev–Trinajstić information content (AvgIpc) is 2.85. The number of rotatable bonds is 3. The highest BCUT2D eigenvalue weighted by Gasteiger charge is 2.84. The molecule has 0 radical (unpaired) electrons. The van der Waals surface area contributed by atoms with Crippen LogP contribution >= 0.6 is 23.2 Å². The summed E-state index contributed by atoms with van der Waals surface area (Å²) < 4.78 is 67.3. The number of hydrogen-bond donors (Lipinski definition) is 0. The molecule has 22 heavy (non-hydrogen) atoms.